The van der Waals surface area contributed by atoms with Gasteiger partial charge in [0.1, 0.15) is 0 Å². The van der Waals surface area contributed by atoms with E-state index in [0.717, 1.165) is 13.0 Å². The first-order chi connectivity index (χ1) is 9.60. The Morgan fingerprint density at radius 3 is 2.30 bits per heavy atom. The molecule has 1 N–H and O–H groups in total. The molecule has 0 aliphatic rings. The van der Waals surface area contributed by atoms with Crippen molar-refractivity contribution in [3.63, 3.8) is 0 Å². The SMILES string of the molecule is CCc1ccc(C(C)NCc2ccc(C)cc2C)cc1. The lowest BCUT2D eigenvalue weighted by atomic mass is 10.0. The third-order valence-corrected chi connectivity index (χ3v) is 3.98. The van der Waals surface area contributed by atoms with E-state index in [4.69, 9.17) is 0 Å². The van der Waals surface area contributed by atoms with Gasteiger partial charge in [0.2, 0.25) is 0 Å². The van der Waals surface area contributed by atoms with Crippen molar-refractivity contribution < 1.29 is 0 Å². The highest BCUT2D eigenvalue weighted by atomic mass is 14.9. The zero-order valence-corrected chi connectivity index (χ0v) is 13.0. The van der Waals surface area contributed by atoms with Gasteiger partial charge in [-0.3, -0.25) is 0 Å². The minimum atomic E-state index is 0.376. The Hall–Kier alpha value is -1.60. The molecular weight excluding hydrogens is 242 g/mol. The molecular formula is C19H25N. The highest BCUT2D eigenvalue weighted by molar-refractivity contribution is 5.30. The molecule has 1 heteroatoms. The summed E-state index contributed by atoms with van der Waals surface area (Å²) in [4.78, 5) is 0. The van der Waals surface area contributed by atoms with Crippen LogP contribution in [-0.2, 0) is 13.0 Å². The molecule has 0 heterocycles. The zero-order valence-electron chi connectivity index (χ0n) is 13.0. The summed E-state index contributed by atoms with van der Waals surface area (Å²) < 4.78 is 0. The van der Waals surface area contributed by atoms with Crippen LogP contribution in [0.3, 0.4) is 0 Å². The number of rotatable bonds is 5. The third kappa shape index (κ3) is 3.71. The Bertz CT molecular complexity index is 554. The maximum atomic E-state index is 3.61. The Morgan fingerprint density at radius 1 is 1.00 bits per heavy atom. The van der Waals surface area contributed by atoms with Crippen LogP contribution in [0, 0.1) is 13.8 Å². The fraction of sp³-hybridized carbons (Fsp3) is 0.368. The van der Waals surface area contributed by atoms with E-state index < -0.39 is 0 Å². The van der Waals surface area contributed by atoms with E-state index in [-0.39, 0.29) is 0 Å². The molecule has 0 amide bonds. The molecule has 2 aromatic carbocycles. The monoisotopic (exact) mass is 267 g/mol. The summed E-state index contributed by atoms with van der Waals surface area (Å²) in [5, 5.41) is 3.61. The summed E-state index contributed by atoms with van der Waals surface area (Å²) in [5.41, 5.74) is 6.83. The van der Waals surface area contributed by atoms with Gasteiger partial charge in [-0.25, -0.2) is 0 Å². The first-order valence-corrected chi connectivity index (χ1v) is 7.48. The predicted molar refractivity (Wildman–Crippen MR) is 87.0 cm³/mol. The summed E-state index contributed by atoms with van der Waals surface area (Å²) in [5.74, 6) is 0. The molecule has 0 spiro atoms. The van der Waals surface area contributed by atoms with Crippen LogP contribution in [0.4, 0.5) is 0 Å². The summed E-state index contributed by atoms with van der Waals surface area (Å²) in [6, 6.07) is 16.0. The molecule has 0 radical (unpaired) electrons. The van der Waals surface area contributed by atoms with Gasteiger partial charge in [0.05, 0.1) is 0 Å². The standard InChI is InChI=1S/C19H25N/c1-5-17-7-10-18(11-8-17)16(4)20-13-19-9-6-14(2)12-15(19)3/h6-12,16,20H,5,13H2,1-4H3. The summed E-state index contributed by atoms with van der Waals surface area (Å²) in [6.07, 6.45) is 1.10. The van der Waals surface area contributed by atoms with Gasteiger partial charge in [-0.1, -0.05) is 55.0 Å². The van der Waals surface area contributed by atoms with E-state index >= 15 is 0 Å². The summed E-state index contributed by atoms with van der Waals surface area (Å²) >= 11 is 0. The Morgan fingerprint density at radius 2 is 1.70 bits per heavy atom. The van der Waals surface area contributed by atoms with Crippen molar-refractivity contribution in [3.8, 4) is 0 Å². The van der Waals surface area contributed by atoms with Crippen LogP contribution in [0.1, 0.15) is 47.7 Å². The number of aryl methyl sites for hydroxylation is 3. The van der Waals surface area contributed by atoms with Gasteiger partial charge in [-0.2, -0.15) is 0 Å². The van der Waals surface area contributed by atoms with Crippen LogP contribution in [0.2, 0.25) is 0 Å². The molecule has 0 aliphatic carbocycles. The first kappa shape index (κ1) is 14.8. The molecule has 0 aliphatic heterocycles. The van der Waals surface area contributed by atoms with Crippen LogP contribution in [0.5, 0.6) is 0 Å². The summed E-state index contributed by atoms with van der Waals surface area (Å²) in [7, 11) is 0. The lowest BCUT2D eigenvalue weighted by molar-refractivity contribution is 0.573. The van der Waals surface area contributed by atoms with Gasteiger partial charge >= 0.3 is 0 Å². The minimum Gasteiger partial charge on any atom is -0.306 e. The first-order valence-electron chi connectivity index (χ1n) is 7.48. The second-order valence-corrected chi connectivity index (χ2v) is 5.63. The van der Waals surface area contributed by atoms with Crippen molar-refractivity contribution >= 4 is 0 Å². The number of hydrogen-bond donors (Lipinski definition) is 1. The molecule has 1 nitrogen and oxygen atoms in total. The number of benzene rings is 2. The molecule has 2 rings (SSSR count). The van der Waals surface area contributed by atoms with E-state index in [1.54, 1.807) is 0 Å². The van der Waals surface area contributed by atoms with E-state index in [9.17, 15) is 0 Å². The fourth-order valence-electron chi connectivity index (χ4n) is 2.47. The third-order valence-electron chi connectivity index (χ3n) is 3.98. The highest BCUT2D eigenvalue weighted by Crippen LogP contribution is 2.16. The van der Waals surface area contributed by atoms with E-state index in [2.05, 4.69) is 75.5 Å². The predicted octanol–water partition coefficient (Wildman–Crippen LogP) is 4.72. The lowest BCUT2D eigenvalue weighted by Gasteiger charge is -2.16. The van der Waals surface area contributed by atoms with Crippen molar-refractivity contribution in [1.29, 1.82) is 0 Å². The molecule has 0 saturated heterocycles. The van der Waals surface area contributed by atoms with Crippen LogP contribution >= 0.6 is 0 Å². The van der Waals surface area contributed by atoms with Crippen molar-refractivity contribution in [2.24, 2.45) is 0 Å². The Labute approximate surface area is 123 Å². The maximum Gasteiger partial charge on any atom is 0.0294 e. The minimum absolute atomic E-state index is 0.376. The normalized spacial score (nSPS) is 12.4. The largest absolute Gasteiger partial charge is 0.306 e. The van der Waals surface area contributed by atoms with Crippen LogP contribution in [0.25, 0.3) is 0 Å². The lowest BCUT2D eigenvalue weighted by Crippen LogP contribution is -2.18. The quantitative estimate of drug-likeness (QED) is 0.826. The van der Waals surface area contributed by atoms with Crippen molar-refractivity contribution in [2.45, 2.75) is 46.7 Å². The van der Waals surface area contributed by atoms with Gasteiger partial charge in [-0.15, -0.1) is 0 Å². The van der Waals surface area contributed by atoms with Gasteiger partial charge in [-0.05, 0) is 49.4 Å². The number of hydrogen-bond acceptors (Lipinski definition) is 1. The average molecular weight is 267 g/mol. The van der Waals surface area contributed by atoms with Crippen LogP contribution in [0.15, 0.2) is 42.5 Å². The molecule has 0 aromatic heterocycles. The van der Waals surface area contributed by atoms with Crippen molar-refractivity contribution in [1.82, 2.24) is 5.32 Å². The van der Waals surface area contributed by atoms with Gasteiger partial charge in [0.25, 0.3) is 0 Å². The highest BCUT2D eigenvalue weighted by Gasteiger charge is 2.06. The number of nitrogens with one attached hydrogen (secondary N) is 1. The topological polar surface area (TPSA) is 12.0 Å². The molecule has 0 fully saturated rings. The van der Waals surface area contributed by atoms with Gasteiger partial charge < -0.3 is 5.32 Å². The Balaban J connectivity index is 1.98. The molecule has 0 saturated carbocycles. The smallest absolute Gasteiger partial charge is 0.0294 e. The molecule has 2 aromatic rings. The van der Waals surface area contributed by atoms with Crippen LogP contribution in [-0.4, -0.2) is 0 Å². The van der Waals surface area contributed by atoms with Gasteiger partial charge in [0, 0.05) is 12.6 Å². The van der Waals surface area contributed by atoms with E-state index in [1.807, 2.05) is 0 Å². The summed E-state index contributed by atoms with van der Waals surface area (Å²) in [6.45, 7) is 9.66. The van der Waals surface area contributed by atoms with Crippen molar-refractivity contribution in [2.75, 3.05) is 0 Å². The Kier molecular flexibility index (Phi) is 4.97. The molecule has 20 heavy (non-hydrogen) atoms. The van der Waals surface area contributed by atoms with E-state index in [1.165, 1.54) is 27.8 Å². The molecule has 106 valence electrons. The average Bonchev–Trinajstić information content (AvgIpc) is 2.46. The molecule has 1 atom stereocenters. The van der Waals surface area contributed by atoms with Gasteiger partial charge in [0.15, 0.2) is 0 Å². The molecule has 1 unspecified atom stereocenters. The van der Waals surface area contributed by atoms with E-state index in [0.29, 0.717) is 6.04 Å². The van der Waals surface area contributed by atoms with Crippen LogP contribution < -0.4 is 5.32 Å². The second-order valence-electron chi connectivity index (χ2n) is 5.63. The second kappa shape index (κ2) is 6.71. The van der Waals surface area contributed by atoms with Crippen molar-refractivity contribution in [3.05, 3.63) is 70.3 Å². The molecule has 0 bridgehead atoms. The fourth-order valence-corrected chi connectivity index (χ4v) is 2.47. The zero-order chi connectivity index (χ0) is 14.5. The maximum absolute atomic E-state index is 3.61.